The standard InChI is InChI=1S/C19H23ClN4OS/c1-4-24(5-2)18-11-10-16(12-17(18)20)23-19(26)22-15-8-6-14(7-9-15)21-13(3)25/h6-12H,4-5H2,1-3H3,(H,21,25)(H2,22,23,26). The van der Waals surface area contributed by atoms with Crippen LogP contribution < -0.4 is 20.9 Å². The van der Waals surface area contributed by atoms with Gasteiger partial charge in [-0.05, 0) is 68.5 Å². The van der Waals surface area contributed by atoms with Gasteiger partial charge in [-0.3, -0.25) is 4.79 Å². The lowest BCUT2D eigenvalue weighted by molar-refractivity contribution is -0.114. The number of nitrogens with one attached hydrogen (secondary N) is 3. The second-order valence-corrected chi connectivity index (χ2v) is 6.49. The van der Waals surface area contributed by atoms with Crippen molar-refractivity contribution in [2.75, 3.05) is 33.9 Å². The van der Waals surface area contributed by atoms with Gasteiger partial charge in [-0.25, -0.2) is 0 Å². The van der Waals surface area contributed by atoms with E-state index in [0.29, 0.717) is 10.1 Å². The molecule has 2 aromatic carbocycles. The summed E-state index contributed by atoms with van der Waals surface area (Å²) in [6.07, 6.45) is 0. The molecular weight excluding hydrogens is 368 g/mol. The van der Waals surface area contributed by atoms with Crippen LogP contribution >= 0.6 is 23.8 Å². The molecule has 0 aliphatic carbocycles. The van der Waals surface area contributed by atoms with Crippen molar-refractivity contribution in [1.29, 1.82) is 0 Å². The van der Waals surface area contributed by atoms with Gasteiger partial charge >= 0.3 is 0 Å². The molecule has 2 aromatic rings. The fourth-order valence-electron chi connectivity index (χ4n) is 2.54. The lowest BCUT2D eigenvalue weighted by atomic mass is 10.2. The van der Waals surface area contributed by atoms with E-state index in [2.05, 4.69) is 34.7 Å². The molecule has 7 heteroatoms. The van der Waals surface area contributed by atoms with Gasteiger partial charge in [0.2, 0.25) is 5.91 Å². The van der Waals surface area contributed by atoms with Crippen LogP contribution in [-0.2, 0) is 4.79 Å². The fourth-order valence-corrected chi connectivity index (χ4v) is 3.07. The maximum absolute atomic E-state index is 11.0. The van der Waals surface area contributed by atoms with E-state index in [1.807, 2.05) is 42.5 Å². The molecule has 0 heterocycles. The van der Waals surface area contributed by atoms with Gasteiger partial charge < -0.3 is 20.9 Å². The summed E-state index contributed by atoms with van der Waals surface area (Å²) < 4.78 is 0. The first-order chi connectivity index (χ1) is 12.4. The molecule has 5 nitrogen and oxygen atoms in total. The van der Waals surface area contributed by atoms with Gasteiger partial charge in [0.15, 0.2) is 5.11 Å². The van der Waals surface area contributed by atoms with Gasteiger partial charge in [-0.1, -0.05) is 11.6 Å². The molecule has 138 valence electrons. The highest BCUT2D eigenvalue weighted by molar-refractivity contribution is 7.80. The van der Waals surface area contributed by atoms with E-state index in [1.54, 1.807) is 0 Å². The number of amides is 1. The summed E-state index contributed by atoms with van der Waals surface area (Å²) in [6.45, 7) is 7.47. The largest absolute Gasteiger partial charge is 0.371 e. The fraction of sp³-hybridized carbons (Fsp3) is 0.263. The zero-order valence-electron chi connectivity index (χ0n) is 15.1. The monoisotopic (exact) mass is 390 g/mol. The Balaban J connectivity index is 1.99. The molecule has 0 aliphatic rings. The van der Waals surface area contributed by atoms with Crippen molar-refractivity contribution >= 4 is 57.6 Å². The smallest absolute Gasteiger partial charge is 0.221 e. The zero-order valence-corrected chi connectivity index (χ0v) is 16.7. The first kappa shape index (κ1) is 20.0. The van der Waals surface area contributed by atoms with E-state index in [9.17, 15) is 4.79 Å². The Labute approximate surface area is 164 Å². The molecule has 2 rings (SSSR count). The van der Waals surface area contributed by atoms with Crippen LogP contribution in [0, 0.1) is 0 Å². The van der Waals surface area contributed by atoms with Crippen molar-refractivity contribution in [2.24, 2.45) is 0 Å². The normalized spacial score (nSPS) is 10.2. The Kier molecular flexibility index (Phi) is 7.24. The maximum atomic E-state index is 11.0. The number of carbonyl (C=O) groups excluding carboxylic acids is 1. The Morgan fingerprint density at radius 3 is 1.96 bits per heavy atom. The van der Waals surface area contributed by atoms with Crippen LogP contribution in [0.3, 0.4) is 0 Å². The Morgan fingerprint density at radius 2 is 1.46 bits per heavy atom. The lowest BCUT2D eigenvalue weighted by Crippen LogP contribution is -2.22. The summed E-state index contributed by atoms with van der Waals surface area (Å²) in [5, 5.41) is 10.1. The summed E-state index contributed by atoms with van der Waals surface area (Å²) in [7, 11) is 0. The lowest BCUT2D eigenvalue weighted by Gasteiger charge is -2.22. The Bertz CT molecular complexity index is 776. The highest BCUT2D eigenvalue weighted by Gasteiger charge is 2.08. The minimum absolute atomic E-state index is 0.104. The van der Waals surface area contributed by atoms with Gasteiger partial charge in [-0.15, -0.1) is 0 Å². The molecule has 0 aromatic heterocycles. The number of carbonyl (C=O) groups is 1. The third-order valence-electron chi connectivity index (χ3n) is 3.77. The van der Waals surface area contributed by atoms with Gasteiger partial charge in [0, 0.05) is 37.1 Å². The van der Waals surface area contributed by atoms with Crippen molar-refractivity contribution in [1.82, 2.24) is 0 Å². The summed E-state index contributed by atoms with van der Waals surface area (Å²) in [5.74, 6) is -0.104. The Morgan fingerprint density at radius 1 is 0.962 bits per heavy atom. The van der Waals surface area contributed by atoms with Crippen LogP contribution in [0.25, 0.3) is 0 Å². The summed E-state index contributed by atoms with van der Waals surface area (Å²) in [4.78, 5) is 13.2. The molecule has 0 bridgehead atoms. The van der Waals surface area contributed by atoms with E-state index in [1.165, 1.54) is 6.92 Å². The molecular formula is C19H23ClN4OS. The predicted octanol–water partition coefficient (Wildman–Crippen LogP) is 4.95. The van der Waals surface area contributed by atoms with Gasteiger partial charge in [0.05, 0.1) is 10.7 Å². The molecule has 3 N–H and O–H groups in total. The van der Waals surface area contributed by atoms with Gasteiger partial charge in [0.25, 0.3) is 0 Å². The molecule has 0 radical (unpaired) electrons. The van der Waals surface area contributed by atoms with Crippen LogP contribution in [-0.4, -0.2) is 24.1 Å². The molecule has 0 saturated heterocycles. The summed E-state index contributed by atoms with van der Waals surface area (Å²) in [5.41, 5.74) is 3.39. The molecule has 0 saturated carbocycles. The average Bonchev–Trinajstić information content (AvgIpc) is 2.59. The van der Waals surface area contributed by atoms with Crippen LogP contribution in [0.4, 0.5) is 22.7 Å². The minimum atomic E-state index is -0.104. The maximum Gasteiger partial charge on any atom is 0.221 e. The van der Waals surface area contributed by atoms with Crippen LogP contribution in [0.2, 0.25) is 5.02 Å². The van der Waals surface area contributed by atoms with E-state index < -0.39 is 0 Å². The van der Waals surface area contributed by atoms with E-state index in [4.69, 9.17) is 23.8 Å². The van der Waals surface area contributed by atoms with Crippen LogP contribution in [0.15, 0.2) is 42.5 Å². The molecule has 1 amide bonds. The highest BCUT2D eigenvalue weighted by atomic mass is 35.5. The number of hydrogen-bond donors (Lipinski definition) is 3. The third kappa shape index (κ3) is 5.61. The molecule has 0 unspecified atom stereocenters. The number of halogens is 1. The van der Waals surface area contributed by atoms with Crippen LogP contribution in [0.5, 0.6) is 0 Å². The highest BCUT2D eigenvalue weighted by Crippen LogP contribution is 2.28. The van der Waals surface area contributed by atoms with E-state index in [0.717, 1.165) is 35.8 Å². The average molecular weight is 391 g/mol. The van der Waals surface area contributed by atoms with Crippen LogP contribution in [0.1, 0.15) is 20.8 Å². The molecule has 0 aliphatic heterocycles. The summed E-state index contributed by atoms with van der Waals surface area (Å²) in [6, 6.07) is 13.1. The van der Waals surface area contributed by atoms with Gasteiger partial charge in [-0.2, -0.15) is 0 Å². The SMILES string of the molecule is CCN(CC)c1ccc(NC(=S)Nc2ccc(NC(C)=O)cc2)cc1Cl. The number of hydrogen-bond acceptors (Lipinski definition) is 3. The zero-order chi connectivity index (χ0) is 19.1. The number of benzene rings is 2. The first-order valence-corrected chi connectivity index (χ1v) is 9.21. The Hall–Kier alpha value is -2.31. The second kappa shape index (κ2) is 9.40. The number of anilines is 4. The molecule has 0 atom stereocenters. The molecule has 0 spiro atoms. The molecule has 0 fully saturated rings. The second-order valence-electron chi connectivity index (χ2n) is 5.68. The minimum Gasteiger partial charge on any atom is -0.371 e. The van der Waals surface area contributed by atoms with E-state index in [-0.39, 0.29) is 5.91 Å². The summed E-state index contributed by atoms with van der Waals surface area (Å²) >= 11 is 11.8. The third-order valence-corrected chi connectivity index (χ3v) is 4.28. The number of rotatable bonds is 6. The first-order valence-electron chi connectivity index (χ1n) is 8.43. The van der Waals surface area contributed by atoms with E-state index >= 15 is 0 Å². The van der Waals surface area contributed by atoms with Crippen molar-refractivity contribution < 1.29 is 4.79 Å². The van der Waals surface area contributed by atoms with Crippen molar-refractivity contribution in [3.63, 3.8) is 0 Å². The predicted molar refractivity (Wildman–Crippen MR) is 116 cm³/mol. The quantitative estimate of drug-likeness (QED) is 0.609. The topological polar surface area (TPSA) is 56.4 Å². The number of nitrogens with zero attached hydrogens (tertiary/aromatic N) is 1. The van der Waals surface area contributed by atoms with Crippen molar-refractivity contribution in [2.45, 2.75) is 20.8 Å². The molecule has 26 heavy (non-hydrogen) atoms. The van der Waals surface area contributed by atoms with Crippen molar-refractivity contribution in [3.8, 4) is 0 Å². The van der Waals surface area contributed by atoms with Gasteiger partial charge in [0.1, 0.15) is 0 Å². The number of thiocarbonyl (C=S) groups is 1. The van der Waals surface area contributed by atoms with Crippen molar-refractivity contribution in [3.05, 3.63) is 47.5 Å².